The first-order valence-electron chi connectivity index (χ1n) is 8.10. The molecule has 0 aromatic heterocycles. The fourth-order valence-corrected chi connectivity index (χ4v) is 4.27. The van der Waals surface area contributed by atoms with Gasteiger partial charge in [0, 0.05) is 6.54 Å². The SMILES string of the molecule is Cc1cc(C)c(C)c(S(=O)(=O)NCC(=O)NCc2ccccc2)c1C. The Morgan fingerprint density at radius 2 is 1.52 bits per heavy atom. The molecular formula is C19H24N2O3S. The summed E-state index contributed by atoms with van der Waals surface area (Å²) >= 11 is 0. The summed E-state index contributed by atoms with van der Waals surface area (Å²) in [5.74, 6) is -0.368. The van der Waals surface area contributed by atoms with Crippen molar-refractivity contribution < 1.29 is 13.2 Å². The zero-order valence-electron chi connectivity index (χ0n) is 15.0. The second-order valence-corrected chi connectivity index (χ2v) is 7.88. The summed E-state index contributed by atoms with van der Waals surface area (Å²) in [5.41, 5.74) is 4.20. The number of aryl methyl sites for hydroxylation is 2. The molecule has 0 radical (unpaired) electrons. The van der Waals surface area contributed by atoms with Crippen molar-refractivity contribution in [3.63, 3.8) is 0 Å². The number of sulfonamides is 1. The number of rotatable bonds is 6. The first-order valence-corrected chi connectivity index (χ1v) is 9.58. The summed E-state index contributed by atoms with van der Waals surface area (Å²) in [6.45, 7) is 7.41. The molecule has 0 fully saturated rings. The Labute approximate surface area is 149 Å². The Kier molecular flexibility index (Phi) is 5.98. The van der Waals surface area contributed by atoms with E-state index in [1.165, 1.54) is 0 Å². The lowest BCUT2D eigenvalue weighted by Crippen LogP contribution is -2.37. The van der Waals surface area contributed by atoms with Gasteiger partial charge < -0.3 is 5.32 Å². The highest BCUT2D eigenvalue weighted by Crippen LogP contribution is 2.25. The smallest absolute Gasteiger partial charge is 0.241 e. The second-order valence-electron chi connectivity index (χ2n) is 6.18. The number of carbonyl (C=O) groups excluding carboxylic acids is 1. The van der Waals surface area contributed by atoms with E-state index >= 15 is 0 Å². The fraction of sp³-hybridized carbons (Fsp3) is 0.316. The molecule has 1 amide bonds. The fourth-order valence-electron chi connectivity index (χ4n) is 2.68. The summed E-state index contributed by atoms with van der Waals surface area (Å²) in [6, 6.07) is 11.4. The predicted molar refractivity (Wildman–Crippen MR) is 98.9 cm³/mol. The third-order valence-corrected chi connectivity index (χ3v) is 6.00. The standard InChI is InChI=1S/C19H24N2O3S/c1-13-10-14(2)16(4)19(15(13)3)25(23,24)21-12-18(22)20-11-17-8-6-5-7-9-17/h5-10,21H,11-12H2,1-4H3,(H,20,22). The minimum Gasteiger partial charge on any atom is -0.351 e. The van der Waals surface area contributed by atoms with E-state index in [0.29, 0.717) is 17.7 Å². The molecule has 0 aliphatic carbocycles. The number of benzene rings is 2. The molecule has 2 rings (SSSR count). The second kappa shape index (κ2) is 7.80. The molecule has 0 aliphatic heterocycles. The minimum atomic E-state index is -3.76. The lowest BCUT2D eigenvalue weighted by Gasteiger charge is -2.16. The molecule has 134 valence electrons. The monoisotopic (exact) mass is 360 g/mol. The third-order valence-electron chi connectivity index (χ3n) is 4.32. The zero-order valence-corrected chi connectivity index (χ0v) is 15.8. The summed E-state index contributed by atoms with van der Waals surface area (Å²) in [7, 11) is -3.76. The molecule has 0 spiro atoms. The Morgan fingerprint density at radius 1 is 0.960 bits per heavy atom. The van der Waals surface area contributed by atoms with E-state index in [1.807, 2.05) is 50.2 Å². The lowest BCUT2D eigenvalue weighted by atomic mass is 10.0. The highest BCUT2D eigenvalue weighted by molar-refractivity contribution is 7.89. The van der Waals surface area contributed by atoms with Crippen molar-refractivity contribution in [2.75, 3.05) is 6.54 Å². The van der Waals surface area contributed by atoms with Gasteiger partial charge >= 0.3 is 0 Å². The number of amides is 1. The van der Waals surface area contributed by atoms with Crippen molar-refractivity contribution in [1.82, 2.24) is 10.0 Å². The molecule has 0 unspecified atom stereocenters. The van der Waals surface area contributed by atoms with Crippen molar-refractivity contribution >= 4 is 15.9 Å². The largest absolute Gasteiger partial charge is 0.351 e. The van der Waals surface area contributed by atoms with Crippen LogP contribution in [-0.2, 0) is 21.4 Å². The Morgan fingerprint density at radius 3 is 2.08 bits per heavy atom. The topological polar surface area (TPSA) is 75.3 Å². The first kappa shape index (κ1) is 19.1. The van der Waals surface area contributed by atoms with Crippen LogP contribution in [0.2, 0.25) is 0 Å². The lowest BCUT2D eigenvalue weighted by molar-refractivity contribution is -0.120. The summed E-state index contributed by atoms with van der Waals surface area (Å²) < 4.78 is 27.7. The van der Waals surface area contributed by atoms with Crippen LogP contribution in [0.25, 0.3) is 0 Å². The molecule has 0 aliphatic rings. The van der Waals surface area contributed by atoms with Crippen molar-refractivity contribution in [2.24, 2.45) is 0 Å². The Bertz CT molecular complexity index is 849. The van der Waals surface area contributed by atoms with Crippen molar-refractivity contribution in [3.05, 3.63) is 64.2 Å². The van der Waals surface area contributed by atoms with E-state index in [2.05, 4.69) is 10.0 Å². The Hall–Kier alpha value is -2.18. The van der Waals surface area contributed by atoms with Gasteiger partial charge in [-0.15, -0.1) is 0 Å². The van der Waals surface area contributed by atoms with Gasteiger partial charge in [-0.05, 0) is 55.5 Å². The number of hydrogen-bond acceptors (Lipinski definition) is 3. The minimum absolute atomic E-state index is 0.265. The quantitative estimate of drug-likeness (QED) is 0.831. The average molecular weight is 360 g/mol. The average Bonchev–Trinajstić information content (AvgIpc) is 2.57. The maximum absolute atomic E-state index is 12.7. The first-order chi connectivity index (χ1) is 11.7. The molecule has 2 aromatic rings. The molecule has 0 bridgehead atoms. The van der Waals surface area contributed by atoms with Crippen LogP contribution in [0.4, 0.5) is 0 Å². The highest BCUT2D eigenvalue weighted by atomic mass is 32.2. The van der Waals surface area contributed by atoms with E-state index in [-0.39, 0.29) is 17.3 Å². The van der Waals surface area contributed by atoms with Crippen LogP contribution < -0.4 is 10.0 Å². The number of hydrogen-bond donors (Lipinski definition) is 2. The van der Waals surface area contributed by atoms with E-state index in [0.717, 1.165) is 16.7 Å². The molecule has 0 atom stereocenters. The molecule has 2 aromatic carbocycles. The van der Waals surface area contributed by atoms with Gasteiger partial charge in [0.1, 0.15) is 0 Å². The van der Waals surface area contributed by atoms with E-state index in [9.17, 15) is 13.2 Å². The Balaban J connectivity index is 2.06. The van der Waals surface area contributed by atoms with Gasteiger partial charge in [0.2, 0.25) is 15.9 Å². The highest BCUT2D eigenvalue weighted by Gasteiger charge is 2.22. The van der Waals surface area contributed by atoms with Gasteiger partial charge in [0.15, 0.2) is 0 Å². The summed E-state index contributed by atoms with van der Waals surface area (Å²) in [4.78, 5) is 12.2. The molecular weight excluding hydrogens is 336 g/mol. The maximum Gasteiger partial charge on any atom is 0.241 e. The van der Waals surface area contributed by atoms with Gasteiger partial charge in [-0.3, -0.25) is 4.79 Å². The van der Waals surface area contributed by atoms with Crippen LogP contribution in [0.5, 0.6) is 0 Å². The molecule has 0 saturated carbocycles. The van der Waals surface area contributed by atoms with E-state index in [1.54, 1.807) is 13.8 Å². The van der Waals surface area contributed by atoms with Crippen LogP contribution in [0.1, 0.15) is 27.8 Å². The van der Waals surface area contributed by atoms with E-state index < -0.39 is 10.0 Å². The third kappa shape index (κ3) is 4.67. The summed E-state index contributed by atoms with van der Waals surface area (Å²) in [6.07, 6.45) is 0. The van der Waals surface area contributed by atoms with Crippen LogP contribution >= 0.6 is 0 Å². The summed E-state index contributed by atoms with van der Waals surface area (Å²) in [5, 5.41) is 2.71. The van der Waals surface area contributed by atoms with Gasteiger partial charge in [0.25, 0.3) is 0 Å². The van der Waals surface area contributed by atoms with Crippen molar-refractivity contribution in [3.8, 4) is 0 Å². The number of carbonyl (C=O) groups is 1. The molecule has 0 saturated heterocycles. The maximum atomic E-state index is 12.7. The van der Waals surface area contributed by atoms with Gasteiger partial charge in [0.05, 0.1) is 11.4 Å². The molecule has 5 nitrogen and oxygen atoms in total. The van der Waals surface area contributed by atoms with Crippen LogP contribution in [0.3, 0.4) is 0 Å². The van der Waals surface area contributed by atoms with Gasteiger partial charge in [-0.1, -0.05) is 36.4 Å². The van der Waals surface area contributed by atoms with Gasteiger partial charge in [-0.2, -0.15) is 0 Å². The van der Waals surface area contributed by atoms with Gasteiger partial charge in [-0.25, -0.2) is 13.1 Å². The van der Waals surface area contributed by atoms with Crippen LogP contribution in [-0.4, -0.2) is 20.9 Å². The molecule has 2 N–H and O–H groups in total. The molecule has 0 heterocycles. The van der Waals surface area contributed by atoms with E-state index in [4.69, 9.17) is 0 Å². The predicted octanol–water partition coefficient (Wildman–Crippen LogP) is 2.51. The van der Waals surface area contributed by atoms with Crippen molar-refractivity contribution in [2.45, 2.75) is 39.1 Å². The molecule has 25 heavy (non-hydrogen) atoms. The normalized spacial score (nSPS) is 11.4. The van der Waals surface area contributed by atoms with Crippen LogP contribution in [0.15, 0.2) is 41.3 Å². The van der Waals surface area contributed by atoms with Crippen LogP contribution in [0, 0.1) is 27.7 Å². The number of nitrogens with one attached hydrogen (secondary N) is 2. The van der Waals surface area contributed by atoms with Crippen molar-refractivity contribution in [1.29, 1.82) is 0 Å². The molecule has 6 heteroatoms. The zero-order chi connectivity index (χ0) is 18.6.